The minimum atomic E-state index is -0.791. The van der Waals surface area contributed by atoms with Crippen molar-refractivity contribution in [2.75, 3.05) is 40.5 Å². The van der Waals surface area contributed by atoms with Gasteiger partial charge in [-0.05, 0) is 36.6 Å². The lowest BCUT2D eigenvalue weighted by Crippen LogP contribution is -2.30. The van der Waals surface area contributed by atoms with Gasteiger partial charge in [-0.25, -0.2) is 19.5 Å². The molecule has 0 saturated heterocycles. The molecule has 208 valence electrons. The highest BCUT2D eigenvalue weighted by Crippen LogP contribution is 2.20. The van der Waals surface area contributed by atoms with Gasteiger partial charge in [-0.2, -0.15) is 5.48 Å². The largest absolute Gasteiger partial charge is 0.467 e. The van der Waals surface area contributed by atoms with Crippen molar-refractivity contribution in [1.29, 1.82) is 0 Å². The highest BCUT2D eigenvalue weighted by Gasteiger charge is 2.18. The zero-order valence-corrected chi connectivity index (χ0v) is 21.0. The van der Waals surface area contributed by atoms with E-state index in [1.54, 1.807) is 13.0 Å². The second-order valence-corrected chi connectivity index (χ2v) is 7.50. The summed E-state index contributed by atoms with van der Waals surface area (Å²) in [6.45, 7) is 1.11. The first kappa shape index (κ1) is 32.0. The Morgan fingerprint density at radius 2 is 1.58 bits per heavy atom. The van der Waals surface area contributed by atoms with Crippen LogP contribution in [0.1, 0.15) is 22.7 Å². The number of hydroxylamine groups is 2. The van der Waals surface area contributed by atoms with Crippen molar-refractivity contribution in [1.82, 2.24) is 11.0 Å². The molecule has 14 nitrogen and oxygen atoms in total. The van der Waals surface area contributed by atoms with Crippen LogP contribution in [0.2, 0.25) is 0 Å². The van der Waals surface area contributed by atoms with E-state index in [0.29, 0.717) is 24.1 Å². The molecule has 0 aromatic heterocycles. The molecule has 1 unspecified atom stereocenters. The number of hydrogen-bond donors (Lipinski definition) is 2. The van der Waals surface area contributed by atoms with E-state index in [1.807, 2.05) is 6.07 Å². The molecule has 0 fully saturated rings. The van der Waals surface area contributed by atoms with E-state index in [1.165, 1.54) is 44.6 Å². The maximum atomic E-state index is 12.8. The van der Waals surface area contributed by atoms with Gasteiger partial charge in [0.1, 0.15) is 11.9 Å². The molecule has 0 saturated carbocycles. The quantitative estimate of drug-likeness (QED) is 0.154. The smallest absolute Gasteiger partial charge is 0.333 e. The lowest BCUT2D eigenvalue weighted by Gasteiger charge is -2.14. The Kier molecular flexibility index (Phi) is 14.7. The molecule has 0 amide bonds. The van der Waals surface area contributed by atoms with E-state index in [9.17, 15) is 34.2 Å². The van der Waals surface area contributed by atoms with Gasteiger partial charge in [0.15, 0.2) is 13.2 Å². The molecule has 2 aromatic rings. The van der Waals surface area contributed by atoms with E-state index in [0.717, 1.165) is 5.56 Å². The number of ether oxygens (including phenoxy) is 2. The summed E-state index contributed by atoms with van der Waals surface area (Å²) in [4.78, 5) is 51.7. The van der Waals surface area contributed by atoms with Crippen LogP contribution in [0.4, 0.5) is 10.1 Å². The summed E-state index contributed by atoms with van der Waals surface area (Å²) in [6, 6.07) is 9.45. The molecule has 0 spiro atoms. The van der Waals surface area contributed by atoms with Crippen LogP contribution in [0, 0.1) is 33.0 Å². The Morgan fingerprint density at radius 3 is 2.13 bits per heavy atom. The molecule has 1 atom stereocenters. The van der Waals surface area contributed by atoms with Crippen molar-refractivity contribution < 1.29 is 43.0 Å². The molecule has 0 aliphatic carbocycles. The van der Waals surface area contributed by atoms with Gasteiger partial charge in [0.2, 0.25) is 6.54 Å². The van der Waals surface area contributed by atoms with Crippen molar-refractivity contribution in [3.05, 3.63) is 85.2 Å². The lowest BCUT2D eigenvalue weighted by atomic mass is 10.1. The zero-order chi connectivity index (χ0) is 28.5. The first-order valence-electron chi connectivity index (χ1n) is 11.0. The van der Waals surface area contributed by atoms with Crippen molar-refractivity contribution in [3.8, 4) is 0 Å². The van der Waals surface area contributed by atoms with Crippen LogP contribution < -0.4 is 11.0 Å². The van der Waals surface area contributed by atoms with Crippen LogP contribution >= 0.6 is 0 Å². The number of carbonyl (C=O) groups is 2. The second-order valence-electron chi connectivity index (χ2n) is 7.50. The number of nitro benzene ring substituents is 1. The predicted molar refractivity (Wildman–Crippen MR) is 130 cm³/mol. The molecule has 0 bridgehead atoms. The zero-order valence-electron chi connectivity index (χ0n) is 21.0. The number of carbonyl (C=O) groups excluding carboxylic acids is 2. The molecular weight excluding hydrogens is 511 g/mol. The van der Waals surface area contributed by atoms with Gasteiger partial charge in [-0.1, -0.05) is 24.3 Å². The summed E-state index contributed by atoms with van der Waals surface area (Å²) in [5.74, 6) is -1.56. The molecule has 0 heterocycles. The van der Waals surface area contributed by atoms with Crippen molar-refractivity contribution in [2.24, 2.45) is 0 Å². The monoisotopic (exact) mass is 540 g/mol. The van der Waals surface area contributed by atoms with Crippen molar-refractivity contribution in [2.45, 2.75) is 19.4 Å². The first-order chi connectivity index (χ1) is 18.1. The number of nitrogens with one attached hydrogen (secondary N) is 2. The summed E-state index contributed by atoms with van der Waals surface area (Å²) in [7, 11) is 2.46. The van der Waals surface area contributed by atoms with Crippen LogP contribution in [0.5, 0.6) is 0 Å². The second kappa shape index (κ2) is 17.4. The third-order valence-electron chi connectivity index (χ3n) is 4.70. The third-order valence-corrected chi connectivity index (χ3v) is 4.70. The Balaban J connectivity index is 0.000000380. The number of esters is 2. The normalized spacial score (nSPS) is 11.1. The molecule has 2 aromatic carbocycles. The van der Waals surface area contributed by atoms with Crippen LogP contribution in [0.3, 0.4) is 0 Å². The summed E-state index contributed by atoms with van der Waals surface area (Å²) in [5.41, 5.74) is 6.96. The molecule has 0 aliphatic rings. The van der Waals surface area contributed by atoms with Gasteiger partial charge >= 0.3 is 11.9 Å². The van der Waals surface area contributed by atoms with E-state index in [-0.39, 0.29) is 18.9 Å². The van der Waals surface area contributed by atoms with Crippen LogP contribution in [0.15, 0.2) is 42.5 Å². The van der Waals surface area contributed by atoms with Crippen LogP contribution in [0.25, 0.3) is 0 Å². The topological polar surface area (TPSA) is 181 Å². The SMILES string of the molecule is COC(=O)CONC(C[N+](=O)[O-])c1ccc(F)cc1.COC(=O)CONCCc1ccc(C)cc1[N+](=O)[O-]. The molecule has 2 N–H and O–H groups in total. The number of hydrogen-bond acceptors (Lipinski definition) is 12. The average Bonchev–Trinajstić information content (AvgIpc) is 2.88. The van der Waals surface area contributed by atoms with Crippen molar-refractivity contribution >= 4 is 17.6 Å². The van der Waals surface area contributed by atoms with Gasteiger partial charge in [-0.15, -0.1) is 0 Å². The van der Waals surface area contributed by atoms with Crippen molar-refractivity contribution in [3.63, 3.8) is 0 Å². The van der Waals surface area contributed by atoms with Gasteiger partial charge in [0.05, 0.1) is 19.1 Å². The number of methoxy groups -OCH3 is 2. The minimum absolute atomic E-state index is 0.0924. The highest BCUT2D eigenvalue weighted by molar-refractivity contribution is 5.70. The summed E-state index contributed by atoms with van der Waals surface area (Å²) in [6.07, 6.45) is 0.428. The molecule has 0 aliphatic heterocycles. The van der Waals surface area contributed by atoms with Gasteiger partial charge in [-0.3, -0.25) is 29.9 Å². The fourth-order valence-electron chi connectivity index (χ4n) is 2.80. The predicted octanol–water partition coefficient (Wildman–Crippen LogP) is 1.98. The van der Waals surface area contributed by atoms with Crippen LogP contribution in [-0.2, 0) is 35.2 Å². The summed E-state index contributed by atoms with van der Waals surface area (Å²) < 4.78 is 21.5. The Hall–Kier alpha value is -4.05. The maximum Gasteiger partial charge on any atom is 0.333 e. The Bertz CT molecular complexity index is 1070. The van der Waals surface area contributed by atoms with E-state index in [4.69, 9.17) is 9.68 Å². The fraction of sp³-hybridized carbons (Fsp3) is 0.391. The summed E-state index contributed by atoms with van der Waals surface area (Å²) >= 11 is 0. The summed E-state index contributed by atoms with van der Waals surface area (Å²) in [5, 5.41) is 21.4. The third kappa shape index (κ3) is 12.8. The fourth-order valence-corrected chi connectivity index (χ4v) is 2.80. The number of halogens is 1. The van der Waals surface area contributed by atoms with E-state index in [2.05, 4.69) is 20.4 Å². The van der Waals surface area contributed by atoms with Crippen LogP contribution in [-0.4, -0.2) is 62.3 Å². The Morgan fingerprint density at radius 1 is 0.974 bits per heavy atom. The number of nitro groups is 2. The maximum absolute atomic E-state index is 12.8. The van der Waals surface area contributed by atoms with Gasteiger partial charge < -0.3 is 9.47 Å². The number of rotatable bonds is 14. The lowest BCUT2D eigenvalue weighted by molar-refractivity contribution is -0.486. The molecule has 38 heavy (non-hydrogen) atoms. The highest BCUT2D eigenvalue weighted by atomic mass is 19.1. The van der Waals surface area contributed by atoms with E-state index >= 15 is 0 Å². The molecule has 0 radical (unpaired) electrons. The number of benzene rings is 2. The average molecular weight is 541 g/mol. The molecule has 2 rings (SSSR count). The first-order valence-corrected chi connectivity index (χ1v) is 11.0. The Labute approximate surface area is 217 Å². The minimum Gasteiger partial charge on any atom is -0.467 e. The van der Waals surface area contributed by atoms with E-state index < -0.39 is 40.2 Å². The molecule has 15 heteroatoms. The van der Waals surface area contributed by atoms with Gasteiger partial charge in [0.25, 0.3) is 5.69 Å². The van der Waals surface area contributed by atoms with Gasteiger partial charge in [0, 0.05) is 23.1 Å². The standard InChI is InChI=1S/C12H16N2O5.C11H13FN2O5/c1-9-3-4-10(11(7-9)14(16)17)5-6-13-19-8-12(15)18-2;1-18-11(15)7-19-13-10(6-14(16)17)8-2-4-9(12)5-3-8/h3-4,7,13H,5-6,8H2,1-2H3;2-5,10,13H,6-7H2,1H3. The number of nitrogens with zero attached hydrogens (tertiary/aromatic N) is 2. The molecular formula is C23H29FN4O10. The number of aryl methyl sites for hydroxylation is 1.